The van der Waals surface area contributed by atoms with E-state index in [0.717, 1.165) is 37.6 Å². The lowest BCUT2D eigenvalue weighted by Gasteiger charge is -2.23. The van der Waals surface area contributed by atoms with Gasteiger partial charge in [0.2, 0.25) is 10.0 Å². The highest BCUT2D eigenvalue weighted by atomic mass is 35.5. The summed E-state index contributed by atoms with van der Waals surface area (Å²) in [5, 5.41) is 11.0. The van der Waals surface area contributed by atoms with Crippen LogP contribution in [0.2, 0.25) is 5.02 Å². The first kappa shape index (κ1) is 26.8. The van der Waals surface area contributed by atoms with E-state index in [4.69, 9.17) is 21.1 Å². The van der Waals surface area contributed by atoms with E-state index in [9.17, 15) is 31.1 Å². The molecule has 13 heteroatoms. The first-order valence-corrected chi connectivity index (χ1v) is 11.6. The normalized spacial score (nSPS) is 13.9. The highest BCUT2D eigenvalue weighted by Crippen LogP contribution is 2.36. The Morgan fingerprint density at radius 1 is 1.11 bits per heavy atom. The Balaban J connectivity index is 2.06. The van der Waals surface area contributed by atoms with E-state index in [-0.39, 0.29) is 27.6 Å². The minimum atomic E-state index is -4.76. The number of rotatable bonds is 8. The van der Waals surface area contributed by atoms with Crippen LogP contribution >= 0.6 is 11.6 Å². The number of benzene rings is 2. The summed E-state index contributed by atoms with van der Waals surface area (Å²) in [6, 6.07) is 8.18. The van der Waals surface area contributed by atoms with Crippen LogP contribution in [0.15, 0.2) is 59.6 Å². The molecule has 1 heterocycles. The molecule has 0 bridgehead atoms. The third-order valence-corrected chi connectivity index (χ3v) is 6.54. The number of aliphatic hydroxyl groups is 1. The molecule has 2 N–H and O–H groups in total. The molecule has 7 nitrogen and oxygen atoms in total. The monoisotopic (exact) mass is 534 g/mol. The molecule has 0 fully saturated rings. The predicted molar refractivity (Wildman–Crippen MR) is 118 cm³/mol. The molecule has 0 aliphatic carbocycles. The maximum absolute atomic E-state index is 14.6. The number of aliphatic hydroxyl groups excluding tert-OH is 1. The molecule has 1 aromatic heterocycles. The largest absolute Gasteiger partial charge is 0.496 e. The first-order chi connectivity index (χ1) is 16.4. The third kappa shape index (κ3) is 5.90. The number of nitrogens with zero attached hydrogens (tertiary/aromatic N) is 1. The van der Waals surface area contributed by atoms with Gasteiger partial charge in [0.15, 0.2) is 0 Å². The number of sulfonamides is 1. The summed E-state index contributed by atoms with van der Waals surface area (Å²) in [5.41, 5.74) is -1.77. The number of methoxy groups -OCH3 is 2. The van der Waals surface area contributed by atoms with Crippen LogP contribution in [0.25, 0.3) is 0 Å². The van der Waals surface area contributed by atoms with Crippen molar-refractivity contribution in [2.45, 2.75) is 23.4 Å². The molecule has 0 aliphatic rings. The Labute approximate surface area is 203 Å². The van der Waals surface area contributed by atoms with E-state index >= 15 is 0 Å². The van der Waals surface area contributed by atoms with Crippen LogP contribution < -0.4 is 9.46 Å². The molecule has 3 rings (SSSR count). The number of nitrogens with one attached hydrogen (secondary N) is 1. The van der Waals surface area contributed by atoms with Crippen LogP contribution in [0, 0.1) is 5.82 Å². The molecule has 2 unspecified atom stereocenters. The molecule has 0 spiro atoms. The summed E-state index contributed by atoms with van der Waals surface area (Å²) in [7, 11) is -2.19. The van der Waals surface area contributed by atoms with E-state index in [1.165, 1.54) is 25.3 Å². The highest BCUT2D eigenvalue weighted by Gasteiger charge is 2.33. The van der Waals surface area contributed by atoms with Gasteiger partial charge in [-0.25, -0.2) is 12.8 Å². The summed E-state index contributed by atoms with van der Waals surface area (Å²) in [5.74, 6) is -0.822. The van der Waals surface area contributed by atoms with Crippen molar-refractivity contribution in [3.63, 3.8) is 0 Å². The van der Waals surface area contributed by atoms with Gasteiger partial charge in [-0.2, -0.15) is 17.9 Å². The second kappa shape index (κ2) is 10.5. The summed E-state index contributed by atoms with van der Waals surface area (Å²) in [4.78, 5) is 3.34. The minimum absolute atomic E-state index is 0.00119. The Kier molecular flexibility index (Phi) is 8.02. The maximum atomic E-state index is 14.6. The van der Waals surface area contributed by atoms with Crippen molar-refractivity contribution in [1.82, 2.24) is 9.71 Å². The van der Waals surface area contributed by atoms with Gasteiger partial charge in [-0.3, -0.25) is 4.98 Å². The van der Waals surface area contributed by atoms with E-state index in [0.29, 0.717) is 6.07 Å². The fourth-order valence-corrected chi connectivity index (χ4v) is 4.64. The number of hydrogen-bond acceptors (Lipinski definition) is 6. The average molecular weight is 535 g/mol. The molecule has 0 radical (unpaired) electrons. The number of halogens is 5. The molecule has 0 saturated carbocycles. The molecule has 0 saturated heterocycles. The Hall–Kier alpha value is -2.77. The molecule has 0 aliphatic heterocycles. The topological polar surface area (TPSA) is 97.8 Å². The van der Waals surface area contributed by atoms with Crippen molar-refractivity contribution >= 4 is 21.6 Å². The van der Waals surface area contributed by atoms with Crippen molar-refractivity contribution in [3.05, 3.63) is 88.0 Å². The fraction of sp³-hybridized carbons (Fsp3) is 0.227. The molecule has 2 aromatic carbocycles. The Bertz CT molecular complexity index is 1320. The molecule has 35 heavy (non-hydrogen) atoms. The molecular formula is C22H19ClF4N2O5S. The average Bonchev–Trinajstić information content (AvgIpc) is 2.81. The molecule has 3 aromatic rings. The summed E-state index contributed by atoms with van der Waals surface area (Å²) in [6.07, 6.45) is -6.93. The fourth-order valence-electron chi connectivity index (χ4n) is 3.29. The van der Waals surface area contributed by atoms with Crippen LogP contribution in [0.3, 0.4) is 0 Å². The Morgan fingerprint density at radius 2 is 1.80 bits per heavy atom. The quantitative estimate of drug-likeness (QED) is 0.324. The van der Waals surface area contributed by atoms with Crippen molar-refractivity contribution in [1.29, 1.82) is 0 Å². The highest BCUT2D eigenvalue weighted by molar-refractivity contribution is 7.89. The van der Waals surface area contributed by atoms with Crippen molar-refractivity contribution in [2.24, 2.45) is 0 Å². The number of ether oxygens (including phenoxy) is 2. The zero-order valence-corrected chi connectivity index (χ0v) is 19.7. The minimum Gasteiger partial charge on any atom is -0.496 e. The number of hydrogen-bond donors (Lipinski definition) is 2. The molecular weight excluding hydrogens is 516 g/mol. The van der Waals surface area contributed by atoms with Gasteiger partial charge in [-0.15, -0.1) is 0 Å². The standard InChI is InChI=1S/C22H19ClF4N2O5S/c1-33-17-8-4-7-16(24)18(17)20(30)19-15(10-13(23)11-28-19)21(34-2)29-35(31,32)14-6-3-5-12(9-14)22(25,26)27/h3-11,20-21,29-30H,1-2H3. The summed E-state index contributed by atoms with van der Waals surface area (Å²) >= 11 is 6.02. The van der Waals surface area contributed by atoms with Crippen LogP contribution in [0.5, 0.6) is 5.75 Å². The van der Waals surface area contributed by atoms with Crippen molar-refractivity contribution in [2.75, 3.05) is 14.2 Å². The lowest BCUT2D eigenvalue weighted by Crippen LogP contribution is -2.31. The number of pyridine rings is 1. The summed E-state index contributed by atoms with van der Waals surface area (Å²) in [6.45, 7) is 0. The zero-order valence-electron chi connectivity index (χ0n) is 18.2. The lowest BCUT2D eigenvalue weighted by atomic mass is 10.00. The first-order valence-electron chi connectivity index (χ1n) is 9.77. The van der Waals surface area contributed by atoms with Crippen LogP contribution in [-0.4, -0.2) is 32.7 Å². The van der Waals surface area contributed by atoms with Gasteiger partial charge in [-0.05, 0) is 36.4 Å². The van der Waals surface area contributed by atoms with E-state index in [1.807, 2.05) is 0 Å². The van der Waals surface area contributed by atoms with Crippen molar-refractivity contribution in [3.8, 4) is 5.75 Å². The van der Waals surface area contributed by atoms with Crippen LogP contribution in [0.4, 0.5) is 17.6 Å². The molecule has 188 valence electrons. The number of alkyl halides is 3. The second-order valence-corrected chi connectivity index (χ2v) is 9.30. The van der Waals surface area contributed by atoms with Gasteiger partial charge in [0.25, 0.3) is 0 Å². The van der Waals surface area contributed by atoms with Gasteiger partial charge in [-0.1, -0.05) is 23.7 Å². The van der Waals surface area contributed by atoms with Gasteiger partial charge in [0, 0.05) is 18.9 Å². The van der Waals surface area contributed by atoms with E-state index < -0.39 is 44.8 Å². The predicted octanol–water partition coefficient (Wildman–Crippen LogP) is 4.61. The van der Waals surface area contributed by atoms with Crippen LogP contribution in [-0.2, 0) is 20.9 Å². The molecule has 0 amide bonds. The van der Waals surface area contributed by atoms with Crippen molar-refractivity contribution < 1.29 is 40.6 Å². The number of aromatic nitrogens is 1. The second-order valence-electron chi connectivity index (χ2n) is 7.15. The SMILES string of the molecule is COc1cccc(F)c1C(O)c1ncc(Cl)cc1C(NS(=O)(=O)c1cccc(C(F)(F)F)c1)OC. The molecule has 2 atom stereocenters. The van der Waals surface area contributed by atoms with Gasteiger partial charge < -0.3 is 14.6 Å². The van der Waals surface area contributed by atoms with E-state index in [1.54, 1.807) is 0 Å². The van der Waals surface area contributed by atoms with Gasteiger partial charge in [0.1, 0.15) is 23.9 Å². The van der Waals surface area contributed by atoms with Crippen LogP contribution in [0.1, 0.15) is 34.7 Å². The summed E-state index contributed by atoms with van der Waals surface area (Å²) < 4.78 is 92.0. The van der Waals surface area contributed by atoms with Gasteiger partial charge >= 0.3 is 6.18 Å². The van der Waals surface area contributed by atoms with E-state index in [2.05, 4.69) is 9.71 Å². The maximum Gasteiger partial charge on any atom is 0.416 e. The Morgan fingerprint density at radius 3 is 2.43 bits per heavy atom. The smallest absolute Gasteiger partial charge is 0.416 e. The lowest BCUT2D eigenvalue weighted by molar-refractivity contribution is -0.137. The zero-order chi connectivity index (χ0) is 26.0. The third-order valence-electron chi connectivity index (χ3n) is 4.93. The van der Waals surface area contributed by atoms with Gasteiger partial charge in [0.05, 0.1) is 33.8 Å².